The van der Waals surface area contributed by atoms with Crippen molar-refractivity contribution < 1.29 is 39.0 Å². The lowest BCUT2D eigenvalue weighted by Crippen LogP contribution is -2.40. The monoisotopic (exact) mass is 757 g/mol. The first-order chi connectivity index (χ1) is 24.2. The Balaban J connectivity index is 0.00000583. The number of carbonyl (C=O) groups excluding carboxylic acids is 2. The summed E-state index contributed by atoms with van der Waals surface area (Å²) in [6.45, 7) is 7.22. The van der Waals surface area contributed by atoms with E-state index in [0.717, 1.165) is 36.4 Å². The molecule has 0 bridgehead atoms. The molecule has 3 heterocycles. The van der Waals surface area contributed by atoms with Gasteiger partial charge in [0.25, 0.3) is 0 Å². The van der Waals surface area contributed by atoms with Crippen LogP contribution in [0.4, 0.5) is 0 Å². The van der Waals surface area contributed by atoms with Crippen molar-refractivity contribution in [3.63, 3.8) is 0 Å². The van der Waals surface area contributed by atoms with Gasteiger partial charge in [-0.15, -0.1) is 11.3 Å². The number of pyridine rings is 1. The van der Waals surface area contributed by atoms with E-state index in [0.29, 0.717) is 62.7 Å². The molecule has 2 aromatic heterocycles. The fourth-order valence-corrected chi connectivity index (χ4v) is 7.39. The molecule has 3 N–H and O–H groups in total. The number of halogens is 2. The summed E-state index contributed by atoms with van der Waals surface area (Å²) in [6.07, 6.45) is 4.77. The zero-order valence-corrected chi connectivity index (χ0v) is 31.5. The highest BCUT2D eigenvalue weighted by Gasteiger charge is 2.27. The van der Waals surface area contributed by atoms with Gasteiger partial charge in [0.15, 0.2) is 23.9 Å². The van der Waals surface area contributed by atoms with Crippen LogP contribution in [0.5, 0.6) is 11.5 Å². The van der Waals surface area contributed by atoms with Crippen molar-refractivity contribution in [2.45, 2.75) is 57.8 Å². The molecule has 5 rings (SSSR count). The number of hydrogen-bond acceptors (Lipinski definition) is 10. The minimum atomic E-state index is -0.738. The van der Waals surface area contributed by atoms with Crippen LogP contribution in [-0.2, 0) is 27.2 Å². The Morgan fingerprint density at radius 2 is 1.63 bits per heavy atom. The Morgan fingerprint density at radius 1 is 0.941 bits per heavy atom. The molecule has 0 amide bonds. The van der Waals surface area contributed by atoms with Gasteiger partial charge in [-0.25, -0.2) is 14.6 Å². The van der Waals surface area contributed by atoms with E-state index in [9.17, 15) is 9.59 Å². The lowest BCUT2D eigenvalue weighted by molar-refractivity contribution is -0.377. The molecule has 4 aromatic rings. The predicted molar refractivity (Wildman–Crippen MR) is 197 cm³/mol. The van der Waals surface area contributed by atoms with E-state index < -0.39 is 18.1 Å². The Labute approximate surface area is 313 Å². The van der Waals surface area contributed by atoms with E-state index in [2.05, 4.69) is 29.0 Å². The number of aromatic nitrogens is 1. The minimum Gasteiger partial charge on any atom is -0.870 e. The predicted octanol–water partition coefficient (Wildman–Crippen LogP) is 7.34. The molecule has 0 spiro atoms. The van der Waals surface area contributed by atoms with Crippen molar-refractivity contribution in [3.05, 3.63) is 110 Å². The topological polar surface area (TPSA) is 130 Å². The highest BCUT2D eigenvalue weighted by Crippen LogP contribution is 2.36. The van der Waals surface area contributed by atoms with Crippen LogP contribution >= 0.6 is 34.5 Å². The van der Waals surface area contributed by atoms with Crippen LogP contribution in [0.3, 0.4) is 0 Å². The van der Waals surface area contributed by atoms with E-state index >= 15 is 0 Å². The molecule has 274 valence electrons. The summed E-state index contributed by atoms with van der Waals surface area (Å²) < 4.78 is 22.9. The van der Waals surface area contributed by atoms with Gasteiger partial charge in [0.2, 0.25) is 0 Å². The molecule has 1 saturated heterocycles. The number of rotatable bonds is 15. The Bertz CT molecular complexity index is 1710. The van der Waals surface area contributed by atoms with Crippen LogP contribution in [0.25, 0.3) is 0 Å². The molecule has 2 atom stereocenters. The van der Waals surface area contributed by atoms with E-state index in [1.54, 1.807) is 44.8 Å². The van der Waals surface area contributed by atoms with Crippen molar-refractivity contribution in [3.8, 4) is 11.5 Å². The Morgan fingerprint density at radius 3 is 2.27 bits per heavy atom. The minimum absolute atomic E-state index is 0. The van der Waals surface area contributed by atoms with Crippen molar-refractivity contribution in [2.24, 2.45) is 5.92 Å². The van der Waals surface area contributed by atoms with Gasteiger partial charge in [0, 0.05) is 29.4 Å². The summed E-state index contributed by atoms with van der Waals surface area (Å²) in [6, 6.07) is 18.3. The normalized spacial score (nSPS) is 14.7. The van der Waals surface area contributed by atoms with Gasteiger partial charge >= 0.3 is 11.9 Å². The van der Waals surface area contributed by atoms with E-state index in [-0.39, 0.29) is 17.9 Å². The van der Waals surface area contributed by atoms with E-state index in [1.807, 2.05) is 42.5 Å². The maximum Gasteiger partial charge on any atom is 0.348 e. The van der Waals surface area contributed by atoms with Gasteiger partial charge in [-0.2, -0.15) is 0 Å². The molecule has 0 radical (unpaired) electrons. The quantitative estimate of drug-likeness (QED) is 0.124. The summed E-state index contributed by atoms with van der Waals surface area (Å²) in [5.41, 5.74) is 2.14. The lowest BCUT2D eigenvalue weighted by atomic mass is 9.97. The highest BCUT2D eigenvalue weighted by atomic mass is 35.5. The molecular weight excluding hydrogens is 713 g/mol. The van der Waals surface area contributed by atoms with Crippen LogP contribution in [0.1, 0.15) is 70.1 Å². The van der Waals surface area contributed by atoms with Crippen molar-refractivity contribution in [1.29, 1.82) is 0 Å². The summed E-state index contributed by atoms with van der Waals surface area (Å²) in [7, 11) is 3.10. The first kappa shape index (κ1) is 40.1. The first-order valence-electron chi connectivity index (χ1n) is 16.7. The number of likely N-dealkylation sites (tertiary alicyclic amines) is 1. The zero-order valence-electron chi connectivity index (χ0n) is 29.2. The van der Waals surface area contributed by atoms with Gasteiger partial charge in [-0.1, -0.05) is 59.6 Å². The zero-order chi connectivity index (χ0) is 35.6. The van der Waals surface area contributed by atoms with Crippen LogP contribution in [0, 0.1) is 5.92 Å². The molecule has 0 saturated carbocycles. The summed E-state index contributed by atoms with van der Waals surface area (Å²) in [5, 5.41) is 4.21. The van der Waals surface area contributed by atoms with Crippen LogP contribution < -0.4 is 19.8 Å². The van der Waals surface area contributed by atoms with Crippen LogP contribution in [0.2, 0.25) is 10.0 Å². The molecule has 1 fully saturated rings. The number of benzene rings is 2. The highest BCUT2D eigenvalue weighted by molar-refractivity contribution is 7.13. The first-order valence-corrected chi connectivity index (χ1v) is 18.3. The number of esters is 2. The number of aromatic amines is 1. The van der Waals surface area contributed by atoms with Gasteiger partial charge in [-0.05, 0) is 81.1 Å². The molecule has 1 unspecified atom stereocenters. The second-order valence-electron chi connectivity index (χ2n) is 12.5. The third kappa shape index (κ3) is 10.7. The average molecular weight is 759 g/mol. The SMILES string of the molecule is COc1ccc([C@H](Cc2c(Cl)c[nH+]cc2Cl)OC(=O)c2ccc(CNC(C(=O)OCC3CCN(C(C)C)CC3)c3ccccc3)s2)cc1OC.[OH-]. The average Bonchev–Trinajstić information content (AvgIpc) is 3.61. The Kier molecular flexibility index (Phi) is 15.1. The molecule has 0 aliphatic carbocycles. The van der Waals surface area contributed by atoms with Gasteiger partial charge < -0.3 is 29.3 Å². The number of methoxy groups -OCH3 is 2. The fourth-order valence-electron chi connectivity index (χ4n) is 6.01. The number of hydrogen-bond donors (Lipinski definition) is 1. The fraction of sp³-hybridized carbons (Fsp3) is 0.395. The van der Waals surface area contributed by atoms with Crippen molar-refractivity contribution in [2.75, 3.05) is 33.9 Å². The third-order valence-corrected chi connectivity index (χ3v) is 10.7. The number of nitrogens with one attached hydrogen (secondary N) is 2. The number of carbonyl (C=O) groups is 2. The third-order valence-electron chi connectivity index (χ3n) is 8.97. The second-order valence-corrected chi connectivity index (χ2v) is 14.5. The molecule has 2 aromatic carbocycles. The maximum atomic E-state index is 13.6. The largest absolute Gasteiger partial charge is 0.870 e. The summed E-state index contributed by atoms with van der Waals surface area (Å²) in [5.74, 6) is 0.584. The molecule has 10 nitrogen and oxygen atoms in total. The molecular formula is C38H45Cl2N3O7S. The van der Waals surface area contributed by atoms with Gasteiger partial charge in [0.1, 0.15) is 27.1 Å². The van der Waals surface area contributed by atoms with Gasteiger partial charge in [0.05, 0.1) is 20.8 Å². The van der Waals surface area contributed by atoms with Crippen molar-refractivity contribution >= 4 is 46.5 Å². The molecule has 1 aliphatic rings. The van der Waals surface area contributed by atoms with Crippen LogP contribution in [-0.4, -0.2) is 62.3 Å². The number of ether oxygens (including phenoxy) is 4. The van der Waals surface area contributed by atoms with Crippen molar-refractivity contribution in [1.82, 2.24) is 10.2 Å². The number of nitrogens with zero attached hydrogens (tertiary/aromatic N) is 1. The van der Waals surface area contributed by atoms with E-state index in [4.69, 9.17) is 42.1 Å². The van der Waals surface area contributed by atoms with Gasteiger partial charge in [-0.3, -0.25) is 5.32 Å². The molecule has 51 heavy (non-hydrogen) atoms. The number of thiophene rings is 1. The smallest absolute Gasteiger partial charge is 0.348 e. The van der Waals surface area contributed by atoms with E-state index in [1.165, 1.54) is 11.3 Å². The lowest BCUT2D eigenvalue weighted by Gasteiger charge is -2.34. The number of piperidine rings is 1. The standard InChI is InChI=1S/C38H43Cl2N3O6S.H2O/c1-24(2)43-16-14-25(15-17-43)23-48-38(45)36(26-8-6-5-7-9-26)42-20-28-11-13-35(50-28)37(44)49-33(19-29-30(39)21-41-22-31(29)40)27-10-12-32(46-3)34(18-27)47-4;/h5-13,18,21-22,24-25,33,36,42H,14-17,19-20,23H2,1-4H3;1H2/t33-,36?;/m0./s1. The molecule has 1 aliphatic heterocycles. The number of H-pyrrole nitrogens is 1. The molecule has 13 heteroatoms. The summed E-state index contributed by atoms with van der Waals surface area (Å²) >= 11 is 14.3. The van der Waals surface area contributed by atoms with Crippen LogP contribution in [0.15, 0.2) is 73.1 Å². The summed E-state index contributed by atoms with van der Waals surface area (Å²) in [4.78, 5) is 33.7. The second kappa shape index (κ2) is 19.2. The Hall–Kier alpha value is -3.71. The maximum absolute atomic E-state index is 13.6.